The van der Waals surface area contributed by atoms with E-state index in [1.165, 1.54) is 49.9 Å². The summed E-state index contributed by atoms with van der Waals surface area (Å²) in [6.45, 7) is 2.73. The molecule has 180 valence electrons. The number of ether oxygens (including phenoxy) is 1. The molecule has 0 bridgehead atoms. The van der Waals surface area contributed by atoms with E-state index in [0.29, 0.717) is 23.6 Å². The molecule has 0 atom stereocenters. The molecular weight excluding hydrogens is 449 g/mol. The summed E-state index contributed by atoms with van der Waals surface area (Å²) in [6.07, 6.45) is 6.88. The minimum absolute atomic E-state index is 0.0989. The average molecular weight is 482 g/mol. The first-order valence-electron chi connectivity index (χ1n) is 11.7. The summed E-state index contributed by atoms with van der Waals surface area (Å²) in [6, 6.07) is 20.8. The van der Waals surface area contributed by atoms with Crippen LogP contribution in [0.4, 0.5) is 5.69 Å². The topological polar surface area (TPSA) is 95.9 Å². The van der Waals surface area contributed by atoms with Gasteiger partial charge in [-0.3, -0.25) is 9.36 Å². The van der Waals surface area contributed by atoms with E-state index < -0.39 is 7.60 Å². The number of carbonyl (C=O) groups is 1. The van der Waals surface area contributed by atoms with Crippen molar-refractivity contribution in [2.45, 2.75) is 45.4 Å². The molecule has 0 spiro atoms. The number of hydrogen-bond donors (Lipinski definition) is 3. The van der Waals surface area contributed by atoms with Gasteiger partial charge in [0, 0.05) is 5.69 Å². The first-order valence-corrected chi connectivity index (χ1v) is 13.3. The lowest BCUT2D eigenvalue weighted by molar-refractivity contribution is 0.102. The summed E-state index contributed by atoms with van der Waals surface area (Å²) < 4.78 is 17.5. The second-order valence-corrected chi connectivity index (χ2v) is 9.81. The highest BCUT2D eigenvalue weighted by Gasteiger charge is 2.20. The smallest absolute Gasteiger partial charge is 0.356 e. The van der Waals surface area contributed by atoms with Gasteiger partial charge < -0.3 is 19.8 Å². The molecule has 6 nitrogen and oxygen atoms in total. The monoisotopic (exact) mass is 481 g/mol. The van der Waals surface area contributed by atoms with Crippen LogP contribution in [0.3, 0.4) is 0 Å². The lowest BCUT2D eigenvalue weighted by Gasteiger charge is -2.16. The van der Waals surface area contributed by atoms with E-state index >= 15 is 0 Å². The molecule has 0 fully saturated rings. The molecule has 34 heavy (non-hydrogen) atoms. The fourth-order valence-corrected chi connectivity index (χ4v) is 4.28. The van der Waals surface area contributed by atoms with Crippen LogP contribution >= 0.6 is 7.60 Å². The standard InChI is InChI=1S/C27H32NO5P/c1-2-3-4-5-6-10-20-33-25-15-11-14-24(21-12-8-7-9-13-21)26(25)27(29)28-22-16-18-23(19-17-22)34(30,31)32/h7-9,11-19H,2-6,10,20H2,1H3,(H,28,29)(H2,30,31,32). The predicted octanol–water partition coefficient (Wildman–Crippen LogP) is 6.15. The Bertz CT molecular complexity index is 1110. The Morgan fingerprint density at radius 1 is 0.853 bits per heavy atom. The number of carbonyl (C=O) groups excluding carboxylic acids is 1. The van der Waals surface area contributed by atoms with Crippen molar-refractivity contribution in [2.24, 2.45) is 0 Å². The van der Waals surface area contributed by atoms with Gasteiger partial charge >= 0.3 is 7.60 Å². The number of amides is 1. The summed E-state index contributed by atoms with van der Waals surface area (Å²) in [5.74, 6) is 0.167. The summed E-state index contributed by atoms with van der Waals surface area (Å²) in [7, 11) is -4.34. The quantitative estimate of drug-likeness (QED) is 0.213. The molecule has 3 aromatic carbocycles. The van der Waals surface area contributed by atoms with E-state index in [1.807, 2.05) is 42.5 Å². The number of hydrogen-bond acceptors (Lipinski definition) is 3. The molecule has 0 saturated carbocycles. The van der Waals surface area contributed by atoms with Gasteiger partial charge in [0.05, 0.1) is 17.5 Å². The Balaban J connectivity index is 1.81. The maximum atomic E-state index is 13.4. The fourth-order valence-electron chi connectivity index (χ4n) is 3.74. The van der Waals surface area contributed by atoms with Gasteiger partial charge in [0.25, 0.3) is 5.91 Å². The second-order valence-electron chi connectivity index (χ2n) is 8.21. The molecule has 0 aliphatic carbocycles. The Labute approximate surface area is 201 Å². The van der Waals surface area contributed by atoms with Crippen LogP contribution in [0.5, 0.6) is 5.75 Å². The lowest BCUT2D eigenvalue weighted by atomic mass is 9.98. The van der Waals surface area contributed by atoms with E-state index in [2.05, 4.69) is 12.2 Å². The van der Waals surface area contributed by atoms with Gasteiger partial charge in [-0.15, -0.1) is 0 Å². The van der Waals surface area contributed by atoms with Gasteiger partial charge in [-0.05, 0) is 47.9 Å². The van der Waals surface area contributed by atoms with E-state index in [0.717, 1.165) is 24.0 Å². The van der Waals surface area contributed by atoms with Crippen LogP contribution in [0.15, 0.2) is 72.8 Å². The second kappa shape index (κ2) is 12.5. The molecule has 3 aromatic rings. The van der Waals surface area contributed by atoms with Crippen molar-refractivity contribution in [1.29, 1.82) is 0 Å². The van der Waals surface area contributed by atoms with Crippen LogP contribution in [-0.4, -0.2) is 22.3 Å². The molecule has 0 aromatic heterocycles. The first kappa shape index (κ1) is 25.7. The Morgan fingerprint density at radius 3 is 2.21 bits per heavy atom. The van der Waals surface area contributed by atoms with E-state index in [9.17, 15) is 19.1 Å². The van der Waals surface area contributed by atoms with E-state index in [1.54, 1.807) is 6.07 Å². The predicted molar refractivity (Wildman–Crippen MR) is 137 cm³/mol. The molecule has 3 N–H and O–H groups in total. The zero-order valence-electron chi connectivity index (χ0n) is 19.4. The maximum Gasteiger partial charge on any atom is 0.356 e. The molecule has 0 heterocycles. The van der Waals surface area contributed by atoms with Gasteiger partial charge in [-0.1, -0.05) is 81.5 Å². The van der Waals surface area contributed by atoms with Crippen molar-refractivity contribution in [2.75, 3.05) is 11.9 Å². The van der Waals surface area contributed by atoms with Gasteiger partial charge in [-0.25, -0.2) is 0 Å². The van der Waals surface area contributed by atoms with Crippen molar-refractivity contribution < 1.29 is 23.9 Å². The van der Waals surface area contributed by atoms with Crippen molar-refractivity contribution in [3.8, 4) is 16.9 Å². The average Bonchev–Trinajstić information content (AvgIpc) is 2.83. The molecule has 0 aliphatic heterocycles. The van der Waals surface area contributed by atoms with Crippen LogP contribution in [0.1, 0.15) is 55.8 Å². The molecule has 0 unspecified atom stereocenters. The van der Waals surface area contributed by atoms with Crippen molar-refractivity contribution in [3.05, 3.63) is 78.4 Å². The molecule has 3 rings (SSSR count). The third-order valence-corrected chi connectivity index (χ3v) is 6.53. The lowest BCUT2D eigenvalue weighted by Crippen LogP contribution is -2.16. The molecule has 0 saturated heterocycles. The van der Waals surface area contributed by atoms with E-state index in [-0.39, 0.29) is 11.2 Å². The molecule has 7 heteroatoms. The highest BCUT2D eigenvalue weighted by Crippen LogP contribution is 2.34. The normalized spacial score (nSPS) is 11.3. The number of benzene rings is 3. The van der Waals surface area contributed by atoms with Gasteiger partial charge in [0.2, 0.25) is 0 Å². The van der Waals surface area contributed by atoms with Crippen LogP contribution in [-0.2, 0) is 4.57 Å². The zero-order chi connectivity index (χ0) is 24.4. The Hall–Kier alpha value is -2.92. The Kier molecular flexibility index (Phi) is 9.46. The summed E-state index contributed by atoms with van der Waals surface area (Å²) in [4.78, 5) is 32.0. The summed E-state index contributed by atoms with van der Waals surface area (Å²) in [5.41, 5.74) is 2.52. The van der Waals surface area contributed by atoms with Gasteiger partial charge in [0.1, 0.15) is 5.75 Å². The highest BCUT2D eigenvalue weighted by atomic mass is 31.2. The van der Waals surface area contributed by atoms with Crippen molar-refractivity contribution in [3.63, 3.8) is 0 Å². The zero-order valence-corrected chi connectivity index (χ0v) is 20.3. The number of rotatable bonds is 12. The first-order chi connectivity index (χ1) is 16.4. The van der Waals surface area contributed by atoms with Crippen molar-refractivity contribution in [1.82, 2.24) is 0 Å². The minimum atomic E-state index is -4.34. The SMILES string of the molecule is CCCCCCCCOc1cccc(-c2ccccc2)c1C(=O)Nc1ccc(P(=O)(O)O)cc1. The van der Waals surface area contributed by atoms with E-state index in [4.69, 9.17) is 4.74 Å². The van der Waals surface area contributed by atoms with Crippen LogP contribution in [0.25, 0.3) is 11.1 Å². The molecule has 0 radical (unpaired) electrons. The maximum absolute atomic E-state index is 13.4. The summed E-state index contributed by atoms with van der Waals surface area (Å²) >= 11 is 0. The minimum Gasteiger partial charge on any atom is -0.493 e. The highest BCUT2D eigenvalue weighted by molar-refractivity contribution is 7.60. The number of unbranched alkanes of at least 4 members (excludes halogenated alkanes) is 5. The summed E-state index contributed by atoms with van der Waals surface area (Å²) in [5, 5.41) is 2.74. The molecule has 1 amide bonds. The third-order valence-electron chi connectivity index (χ3n) is 5.56. The number of nitrogens with one attached hydrogen (secondary N) is 1. The van der Waals surface area contributed by atoms with Crippen LogP contribution < -0.4 is 15.4 Å². The number of anilines is 1. The third kappa shape index (κ3) is 7.29. The van der Waals surface area contributed by atoms with Crippen LogP contribution in [0, 0.1) is 0 Å². The molecular formula is C27H32NO5P. The van der Waals surface area contributed by atoms with Crippen molar-refractivity contribution >= 4 is 24.5 Å². The van der Waals surface area contributed by atoms with Crippen LogP contribution in [0.2, 0.25) is 0 Å². The molecule has 0 aliphatic rings. The van der Waals surface area contributed by atoms with Gasteiger partial charge in [0.15, 0.2) is 0 Å². The Morgan fingerprint density at radius 2 is 1.53 bits per heavy atom. The van der Waals surface area contributed by atoms with Gasteiger partial charge in [-0.2, -0.15) is 0 Å². The largest absolute Gasteiger partial charge is 0.493 e. The fraction of sp³-hybridized carbons (Fsp3) is 0.296.